The molecule has 1 rings (SSSR count). The summed E-state index contributed by atoms with van der Waals surface area (Å²) in [6, 6.07) is 1.06. The molecule has 0 saturated heterocycles. The number of nitrogens with one attached hydrogen (secondary N) is 1. The molecule has 0 aromatic carbocycles. The fourth-order valence-corrected chi connectivity index (χ4v) is 1.54. The van der Waals surface area contributed by atoms with Gasteiger partial charge in [-0.25, -0.2) is 0 Å². The minimum Gasteiger partial charge on any atom is -0.406 e. The molecule has 1 N–H and O–H groups in total. The van der Waals surface area contributed by atoms with Gasteiger partial charge in [-0.3, -0.25) is 0 Å². The fraction of sp³-hybridized carbons (Fsp3) is 0.833. The first-order valence-corrected chi connectivity index (χ1v) is 6.23. The first-order chi connectivity index (χ1) is 7.95. The van der Waals surface area contributed by atoms with Crippen molar-refractivity contribution in [2.24, 2.45) is 5.92 Å². The minimum atomic E-state index is 0.0873. The van der Waals surface area contributed by atoms with Crippen LogP contribution in [0, 0.1) is 5.92 Å². The summed E-state index contributed by atoms with van der Waals surface area (Å²) in [6.07, 6.45) is 0. The van der Waals surface area contributed by atoms with Crippen molar-refractivity contribution in [2.75, 3.05) is 18.5 Å². The molecule has 0 amide bonds. The molecule has 0 aliphatic rings. The molecule has 1 aromatic rings. The highest BCUT2D eigenvalue weighted by Gasteiger charge is 2.20. The van der Waals surface area contributed by atoms with E-state index in [-0.39, 0.29) is 6.04 Å². The van der Waals surface area contributed by atoms with E-state index in [1.54, 1.807) is 0 Å². The topological polar surface area (TPSA) is 54.2 Å². The number of rotatable bonds is 6. The summed E-state index contributed by atoms with van der Waals surface area (Å²) in [4.78, 5) is 2.14. The Bertz CT molecular complexity index is 335. The van der Waals surface area contributed by atoms with E-state index >= 15 is 0 Å². The predicted molar refractivity (Wildman–Crippen MR) is 69.1 cm³/mol. The van der Waals surface area contributed by atoms with Crippen molar-refractivity contribution in [1.29, 1.82) is 0 Å². The van der Waals surface area contributed by atoms with Crippen molar-refractivity contribution in [2.45, 2.75) is 46.7 Å². The van der Waals surface area contributed by atoms with Crippen molar-refractivity contribution in [3.05, 3.63) is 5.89 Å². The second kappa shape index (κ2) is 6.00. The summed E-state index contributed by atoms with van der Waals surface area (Å²) >= 11 is 0. The Morgan fingerprint density at radius 3 is 2.29 bits per heavy atom. The van der Waals surface area contributed by atoms with E-state index in [0.717, 1.165) is 6.54 Å². The van der Waals surface area contributed by atoms with Crippen LogP contribution in [0.5, 0.6) is 0 Å². The molecule has 0 fully saturated rings. The second-order valence-electron chi connectivity index (χ2n) is 5.07. The molecule has 1 aromatic heterocycles. The van der Waals surface area contributed by atoms with Gasteiger partial charge in [0, 0.05) is 12.6 Å². The van der Waals surface area contributed by atoms with Crippen molar-refractivity contribution in [3.63, 3.8) is 0 Å². The smallest absolute Gasteiger partial charge is 0.318 e. The van der Waals surface area contributed by atoms with Crippen molar-refractivity contribution >= 4 is 6.01 Å². The lowest BCUT2D eigenvalue weighted by Gasteiger charge is -2.26. The van der Waals surface area contributed by atoms with E-state index in [9.17, 15) is 0 Å². The molecule has 0 spiro atoms. The Labute approximate surface area is 104 Å². The first kappa shape index (κ1) is 14.0. The highest BCUT2D eigenvalue weighted by atomic mass is 16.4. The summed E-state index contributed by atoms with van der Waals surface area (Å²) in [5.41, 5.74) is 0. The zero-order valence-corrected chi connectivity index (χ0v) is 11.7. The summed E-state index contributed by atoms with van der Waals surface area (Å²) in [5.74, 6) is 1.20. The Morgan fingerprint density at radius 1 is 1.18 bits per heavy atom. The van der Waals surface area contributed by atoms with Crippen LogP contribution in [0.2, 0.25) is 0 Å². The fourth-order valence-electron chi connectivity index (χ4n) is 1.54. The minimum absolute atomic E-state index is 0.0873. The third-order valence-electron chi connectivity index (χ3n) is 2.66. The van der Waals surface area contributed by atoms with Crippen LogP contribution in [0.1, 0.15) is 46.6 Å². The highest BCUT2D eigenvalue weighted by molar-refractivity contribution is 5.26. The summed E-state index contributed by atoms with van der Waals surface area (Å²) in [6.45, 7) is 11.6. The average molecular weight is 240 g/mol. The van der Waals surface area contributed by atoms with Gasteiger partial charge in [0.15, 0.2) is 0 Å². The molecular weight excluding hydrogens is 216 g/mol. The van der Waals surface area contributed by atoms with Gasteiger partial charge in [-0.15, -0.1) is 5.10 Å². The standard InChI is InChI=1S/C12H24N4O/c1-8(2)7-16(9(3)4)12-15-14-11(17-12)10(5)13-6/h8-10,13H,7H2,1-6H3. The molecule has 0 radical (unpaired) electrons. The van der Waals surface area contributed by atoms with Crippen LogP contribution in [0.4, 0.5) is 6.01 Å². The lowest BCUT2D eigenvalue weighted by atomic mass is 10.2. The molecule has 98 valence electrons. The van der Waals surface area contributed by atoms with Crippen LogP contribution < -0.4 is 10.2 Å². The van der Waals surface area contributed by atoms with Crippen molar-refractivity contribution in [3.8, 4) is 0 Å². The van der Waals surface area contributed by atoms with Gasteiger partial charge < -0.3 is 14.6 Å². The molecule has 17 heavy (non-hydrogen) atoms. The molecule has 0 aliphatic carbocycles. The number of aromatic nitrogens is 2. The van der Waals surface area contributed by atoms with E-state index in [0.29, 0.717) is 23.9 Å². The lowest BCUT2D eigenvalue weighted by molar-refractivity contribution is 0.416. The van der Waals surface area contributed by atoms with Gasteiger partial charge in [0.05, 0.1) is 6.04 Å². The third-order valence-corrected chi connectivity index (χ3v) is 2.66. The molecular formula is C12H24N4O. The Hall–Kier alpha value is -1.10. The molecule has 0 aliphatic heterocycles. The number of nitrogens with zero attached hydrogens (tertiary/aromatic N) is 3. The Balaban J connectivity index is 2.84. The first-order valence-electron chi connectivity index (χ1n) is 6.23. The quantitative estimate of drug-likeness (QED) is 0.826. The van der Waals surface area contributed by atoms with Crippen molar-refractivity contribution in [1.82, 2.24) is 15.5 Å². The van der Waals surface area contributed by atoms with Gasteiger partial charge in [-0.2, -0.15) is 0 Å². The zero-order chi connectivity index (χ0) is 13.0. The van der Waals surface area contributed by atoms with Gasteiger partial charge >= 0.3 is 6.01 Å². The molecule has 5 nitrogen and oxygen atoms in total. The second-order valence-corrected chi connectivity index (χ2v) is 5.07. The van der Waals surface area contributed by atoms with Gasteiger partial charge in [0.1, 0.15) is 0 Å². The molecule has 0 bridgehead atoms. The van der Waals surface area contributed by atoms with Crippen LogP contribution in [-0.2, 0) is 0 Å². The molecule has 1 heterocycles. The maximum absolute atomic E-state index is 5.70. The number of anilines is 1. The van der Waals surface area contributed by atoms with Crippen molar-refractivity contribution < 1.29 is 4.42 Å². The maximum atomic E-state index is 5.70. The van der Waals surface area contributed by atoms with Crippen LogP contribution >= 0.6 is 0 Å². The van der Waals surface area contributed by atoms with Gasteiger partial charge in [-0.05, 0) is 33.7 Å². The maximum Gasteiger partial charge on any atom is 0.318 e. The van der Waals surface area contributed by atoms with E-state index in [1.165, 1.54) is 0 Å². The van der Waals surface area contributed by atoms with Crippen LogP contribution in [0.15, 0.2) is 4.42 Å². The summed E-state index contributed by atoms with van der Waals surface area (Å²) in [5, 5.41) is 11.3. The van der Waals surface area contributed by atoms with E-state index in [1.807, 2.05) is 14.0 Å². The third kappa shape index (κ3) is 3.70. The monoisotopic (exact) mass is 240 g/mol. The molecule has 0 saturated carbocycles. The van der Waals surface area contributed by atoms with E-state index in [2.05, 4.69) is 48.1 Å². The SMILES string of the molecule is CNC(C)c1nnc(N(CC(C)C)C(C)C)o1. The largest absolute Gasteiger partial charge is 0.406 e. The molecule has 1 atom stereocenters. The Kier molecular flexibility index (Phi) is 4.93. The molecule has 1 unspecified atom stereocenters. The van der Waals surface area contributed by atoms with Crippen LogP contribution in [-0.4, -0.2) is 29.8 Å². The normalized spacial score (nSPS) is 13.4. The number of hydrogen-bond acceptors (Lipinski definition) is 5. The van der Waals surface area contributed by atoms with Gasteiger partial charge in [0.2, 0.25) is 5.89 Å². The van der Waals surface area contributed by atoms with E-state index in [4.69, 9.17) is 4.42 Å². The lowest BCUT2D eigenvalue weighted by Crippen LogP contribution is -2.34. The molecule has 5 heteroatoms. The van der Waals surface area contributed by atoms with Crippen LogP contribution in [0.3, 0.4) is 0 Å². The highest BCUT2D eigenvalue weighted by Crippen LogP contribution is 2.20. The van der Waals surface area contributed by atoms with Gasteiger partial charge in [-0.1, -0.05) is 18.9 Å². The van der Waals surface area contributed by atoms with Crippen LogP contribution in [0.25, 0.3) is 0 Å². The predicted octanol–water partition coefficient (Wildman–Crippen LogP) is 2.22. The van der Waals surface area contributed by atoms with E-state index < -0.39 is 0 Å². The Morgan fingerprint density at radius 2 is 1.82 bits per heavy atom. The summed E-state index contributed by atoms with van der Waals surface area (Å²) < 4.78 is 5.70. The van der Waals surface area contributed by atoms with Gasteiger partial charge in [0.25, 0.3) is 0 Å². The average Bonchev–Trinajstić information content (AvgIpc) is 2.73. The zero-order valence-electron chi connectivity index (χ0n) is 11.7. The summed E-state index contributed by atoms with van der Waals surface area (Å²) in [7, 11) is 1.88. The number of hydrogen-bond donors (Lipinski definition) is 1.